The van der Waals surface area contributed by atoms with Crippen molar-refractivity contribution in [3.8, 4) is 0 Å². The Morgan fingerprint density at radius 2 is 1.82 bits per heavy atom. The number of thioether (sulfide) groups is 1. The molecule has 28 heavy (non-hydrogen) atoms. The molecule has 0 spiro atoms. The molecule has 1 atom stereocenters. The first-order valence-electron chi connectivity index (χ1n) is 8.93. The van der Waals surface area contributed by atoms with Crippen molar-refractivity contribution in [2.45, 2.75) is 17.5 Å². The third kappa shape index (κ3) is 4.02. The zero-order chi connectivity index (χ0) is 19.6. The van der Waals surface area contributed by atoms with Crippen molar-refractivity contribution in [2.75, 3.05) is 22.2 Å². The lowest BCUT2D eigenvalue weighted by Crippen LogP contribution is -2.42. The van der Waals surface area contributed by atoms with Gasteiger partial charge < -0.3 is 4.90 Å². The highest BCUT2D eigenvalue weighted by Crippen LogP contribution is 2.28. The van der Waals surface area contributed by atoms with Crippen LogP contribution in [0.3, 0.4) is 0 Å². The van der Waals surface area contributed by atoms with Gasteiger partial charge in [-0.15, -0.1) is 0 Å². The molecule has 0 saturated carbocycles. The quantitative estimate of drug-likeness (QED) is 0.473. The van der Waals surface area contributed by atoms with Crippen molar-refractivity contribution < 1.29 is 13.2 Å². The summed E-state index contributed by atoms with van der Waals surface area (Å²) in [5.41, 5.74) is 1.55. The highest BCUT2D eigenvalue weighted by Gasteiger charge is 2.35. The Hall–Kier alpha value is -2.45. The molecule has 2 aromatic carbocycles. The molecule has 1 amide bonds. The average molecular weight is 414 g/mol. The van der Waals surface area contributed by atoms with Gasteiger partial charge >= 0.3 is 0 Å². The second kappa shape index (κ2) is 7.89. The van der Waals surface area contributed by atoms with Gasteiger partial charge in [-0.2, -0.15) is 0 Å². The lowest BCUT2D eigenvalue weighted by atomic mass is 10.2. The molecule has 1 aromatic heterocycles. The van der Waals surface area contributed by atoms with Crippen molar-refractivity contribution in [1.29, 1.82) is 0 Å². The summed E-state index contributed by atoms with van der Waals surface area (Å²) in [6.45, 7) is 0. The van der Waals surface area contributed by atoms with Crippen LogP contribution in [0.5, 0.6) is 0 Å². The van der Waals surface area contributed by atoms with Crippen LogP contribution in [0.15, 0.2) is 66.0 Å². The number of amides is 1. The maximum atomic E-state index is 13.1. The van der Waals surface area contributed by atoms with Crippen molar-refractivity contribution in [3.05, 3.63) is 60.9 Å². The molecule has 0 unspecified atom stereocenters. The number of carbonyl (C=O) groups is 1. The van der Waals surface area contributed by atoms with Gasteiger partial charge in [-0.25, -0.2) is 18.4 Å². The van der Waals surface area contributed by atoms with Crippen LogP contribution in [-0.2, 0) is 14.6 Å². The van der Waals surface area contributed by atoms with Gasteiger partial charge in [0.25, 0.3) is 0 Å². The van der Waals surface area contributed by atoms with Gasteiger partial charge in [0, 0.05) is 11.1 Å². The van der Waals surface area contributed by atoms with E-state index < -0.39 is 9.84 Å². The maximum absolute atomic E-state index is 13.1. The van der Waals surface area contributed by atoms with E-state index in [9.17, 15) is 13.2 Å². The minimum absolute atomic E-state index is 0.00867. The number of anilines is 1. The lowest BCUT2D eigenvalue weighted by Gasteiger charge is -2.28. The molecule has 0 aliphatic carbocycles. The van der Waals surface area contributed by atoms with E-state index in [0.29, 0.717) is 6.42 Å². The minimum Gasteiger partial charge on any atom is -0.308 e. The number of para-hydroxylation sites is 2. The molecule has 3 aromatic rings. The van der Waals surface area contributed by atoms with Crippen LogP contribution >= 0.6 is 11.8 Å². The third-order valence-electron chi connectivity index (χ3n) is 4.72. The summed E-state index contributed by atoms with van der Waals surface area (Å²) in [5.74, 6) is 0.181. The Balaban J connectivity index is 1.57. The molecule has 1 aliphatic rings. The van der Waals surface area contributed by atoms with E-state index in [2.05, 4.69) is 9.97 Å². The Kier molecular flexibility index (Phi) is 5.32. The molecule has 1 saturated heterocycles. The number of benzene rings is 2. The smallest absolute Gasteiger partial charge is 0.237 e. The van der Waals surface area contributed by atoms with Crippen LogP contribution in [0.2, 0.25) is 0 Å². The molecule has 1 fully saturated rings. The standard InChI is InChI=1S/C20H19N3O3S2/c24-19(12-27-20-17-8-4-5-9-18(17)21-14-22-20)23(15-6-2-1-3-7-15)16-10-11-28(25,26)13-16/h1-9,14,16H,10-13H2/t16-/m0/s1. The summed E-state index contributed by atoms with van der Waals surface area (Å²) in [5, 5.41) is 1.64. The Morgan fingerprint density at radius 3 is 2.57 bits per heavy atom. The van der Waals surface area contributed by atoms with E-state index in [1.165, 1.54) is 18.1 Å². The first-order valence-corrected chi connectivity index (χ1v) is 11.7. The van der Waals surface area contributed by atoms with Crippen LogP contribution in [0.4, 0.5) is 5.69 Å². The summed E-state index contributed by atoms with van der Waals surface area (Å²) in [7, 11) is -3.10. The lowest BCUT2D eigenvalue weighted by molar-refractivity contribution is -0.116. The summed E-state index contributed by atoms with van der Waals surface area (Å²) in [6.07, 6.45) is 1.96. The van der Waals surface area contributed by atoms with E-state index in [0.717, 1.165) is 21.6 Å². The summed E-state index contributed by atoms with van der Waals surface area (Å²) < 4.78 is 23.9. The van der Waals surface area contributed by atoms with Crippen molar-refractivity contribution >= 4 is 44.1 Å². The predicted octanol–water partition coefficient (Wildman–Crippen LogP) is 2.94. The van der Waals surface area contributed by atoms with Crippen molar-refractivity contribution in [3.63, 3.8) is 0 Å². The molecule has 8 heteroatoms. The normalized spacial score (nSPS) is 18.2. The van der Waals surface area contributed by atoms with E-state index in [4.69, 9.17) is 0 Å². The molecule has 2 heterocycles. The maximum Gasteiger partial charge on any atom is 0.237 e. The first-order chi connectivity index (χ1) is 13.5. The number of fused-ring (bicyclic) bond motifs is 1. The number of sulfone groups is 1. The number of carbonyl (C=O) groups excluding carboxylic acids is 1. The highest BCUT2D eigenvalue weighted by atomic mass is 32.2. The van der Waals surface area contributed by atoms with Gasteiger partial charge in [0.2, 0.25) is 5.91 Å². The van der Waals surface area contributed by atoms with Gasteiger partial charge in [0.1, 0.15) is 11.4 Å². The second-order valence-corrected chi connectivity index (χ2v) is 9.83. The van der Waals surface area contributed by atoms with E-state index in [1.54, 1.807) is 4.90 Å². The number of nitrogens with zero attached hydrogens (tertiary/aromatic N) is 3. The minimum atomic E-state index is -3.10. The third-order valence-corrected chi connectivity index (χ3v) is 7.46. The monoisotopic (exact) mass is 413 g/mol. The topological polar surface area (TPSA) is 80.2 Å². The molecule has 0 radical (unpaired) electrons. The zero-order valence-corrected chi connectivity index (χ0v) is 16.7. The SMILES string of the molecule is O=C(CSc1ncnc2ccccc12)N(c1ccccc1)[C@H]1CCS(=O)(=O)C1. The molecule has 1 aliphatic heterocycles. The summed E-state index contributed by atoms with van der Waals surface area (Å²) in [6, 6.07) is 16.6. The Bertz CT molecular complexity index is 1100. The number of aromatic nitrogens is 2. The molecular formula is C20H19N3O3S2. The van der Waals surface area contributed by atoms with Crippen LogP contribution in [-0.4, -0.2) is 47.6 Å². The molecule has 144 valence electrons. The van der Waals surface area contributed by atoms with Crippen LogP contribution in [0.25, 0.3) is 10.9 Å². The molecule has 0 N–H and O–H groups in total. The molecular weight excluding hydrogens is 394 g/mol. The van der Waals surface area contributed by atoms with Crippen LogP contribution in [0, 0.1) is 0 Å². The largest absolute Gasteiger partial charge is 0.308 e. The van der Waals surface area contributed by atoms with Crippen LogP contribution < -0.4 is 4.90 Å². The van der Waals surface area contributed by atoms with Gasteiger partial charge in [0.05, 0.1) is 28.8 Å². The summed E-state index contributed by atoms with van der Waals surface area (Å²) in [4.78, 5) is 23.3. The Labute approximate surface area is 167 Å². The predicted molar refractivity (Wildman–Crippen MR) is 111 cm³/mol. The van der Waals surface area contributed by atoms with Crippen LogP contribution in [0.1, 0.15) is 6.42 Å². The molecule has 0 bridgehead atoms. The highest BCUT2D eigenvalue weighted by molar-refractivity contribution is 8.00. The first kappa shape index (κ1) is 18.9. The van der Waals surface area contributed by atoms with Crippen molar-refractivity contribution in [1.82, 2.24) is 9.97 Å². The fraction of sp³-hybridized carbons (Fsp3) is 0.250. The van der Waals surface area contributed by atoms with Gasteiger partial charge in [0.15, 0.2) is 9.84 Å². The van der Waals surface area contributed by atoms with Gasteiger partial charge in [-0.1, -0.05) is 48.2 Å². The Morgan fingerprint density at radius 1 is 1.07 bits per heavy atom. The van der Waals surface area contributed by atoms with Gasteiger partial charge in [-0.3, -0.25) is 4.79 Å². The second-order valence-electron chi connectivity index (χ2n) is 6.64. The summed E-state index contributed by atoms with van der Waals surface area (Å²) >= 11 is 1.35. The van der Waals surface area contributed by atoms with Gasteiger partial charge in [-0.05, 0) is 24.6 Å². The fourth-order valence-corrected chi connectivity index (χ4v) is 5.97. The average Bonchev–Trinajstić information content (AvgIpc) is 3.06. The molecule has 6 nitrogen and oxygen atoms in total. The van der Waals surface area contributed by atoms with E-state index >= 15 is 0 Å². The number of hydrogen-bond donors (Lipinski definition) is 0. The van der Waals surface area contributed by atoms with Crippen molar-refractivity contribution in [2.24, 2.45) is 0 Å². The molecule has 4 rings (SSSR count). The van der Waals surface area contributed by atoms with E-state index in [1.807, 2.05) is 54.6 Å². The fourth-order valence-electron chi connectivity index (χ4n) is 3.42. The number of rotatable bonds is 5. The zero-order valence-electron chi connectivity index (χ0n) is 15.1. The van der Waals surface area contributed by atoms with E-state index in [-0.39, 0.29) is 29.2 Å². The number of hydrogen-bond acceptors (Lipinski definition) is 6.